The Bertz CT molecular complexity index is 385. The number of fused-ring (bicyclic) bond motifs is 3. The topological polar surface area (TPSA) is 20.2 Å². The fourth-order valence-electron chi connectivity index (χ4n) is 3.66. The first-order valence-electron chi connectivity index (χ1n) is 5.97. The third-order valence-electron chi connectivity index (χ3n) is 4.52. The Morgan fingerprint density at radius 3 is 2.53 bits per heavy atom. The Hall–Kier alpha value is -0.820. The van der Waals surface area contributed by atoms with Gasteiger partial charge in [-0.1, -0.05) is 38.1 Å². The van der Waals surface area contributed by atoms with E-state index in [1.807, 2.05) is 0 Å². The van der Waals surface area contributed by atoms with E-state index in [0.29, 0.717) is 23.7 Å². The molecule has 0 spiro atoms. The second-order valence-corrected chi connectivity index (χ2v) is 5.31. The monoisotopic (exact) mass is 202 g/mol. The highest BCUT2D eigenvalue weighted by Crippen LogP contribution is 2.56. The predicted octanol–water partition coefficient (Wildman–Crippen LogP) is 2.90. The van der Waals surface area contributed by atoms with Crippen LogP contribution >= 0.6 is 0 Å². The van der Waals surface area contributed by atoms with Crippen molar-refractivity contribution in [1.29, 1.82) is 0 Å². The number of hydrogen-bond acceptors (Lipinski definition) is 1. The average molecular weight is 202 g/mol. The van der Waals surface area contributed by atoms with Crippen LogP contribution in [-0.4, -0.2) is 11.2 Å². The largest absolute Gasteiger partial charge is 0.393 e. The van der Waals surface area contributed by atoms with E-state index < -0.39 is 0 Å². The zero-order chi connectivity index (χ0) is 10.6. The fourth-order valence-corrected chi connectivity index (χ4v) is 3.66. The quantitative estimate of drug-likeness (QED) is 0.686. The molecule has 0 amide bonds. The lowest BCUT2D eigenvalue weighted by Crippen LogP contribution is -2.50. The lowest BCUT2D eigenvalue weighted by Gasteiger charge is -2.53. The average Bonchev–Trinajstić information content (AvgIpc) is 2.28. The summed E-state index contributed by atoms with van der Waals surface area (Å²) in [5, 5.41) is 9.95. The van der Waals surface area contributed by atoms with E-state index in [1.54, 1.807) is 0 Å². The summed E-state index contributed by atoms with van der Waals surface area (Å²) in [4.78, 5) is 0. The maximum absolute atomic E-state index is 9.95. The molecule has 80 valence electrons. The third-order valence-corrected chi connectivity index (χ3v) is 4.52. The Morgan fingerprint density at radius 2 is 1.80 bits per heavy atom. The Labute approximate surface area is 91.1 Å². The first kappa shape index (κ1) is 9.41. The van der Waals surface area contributed by atoms with E-state index in [4.69, 9.17) is 0 Å². The van der Waals surface area contributed by atoms with Crippen molar-refractivity contribution in [1.82, 2.24) is 0 Å². The van der Waals surface area contributed by atoms with Gasteiger partial charge in [0.2, 0.25) is 0 Å². The standard InChI is InChI=1S/C14H18O/c1-8-7-12-13(9(2)14(12)15)11-6-4-3-5-10(8)11/h3-6,8-9,12-15H,7H2,1-2H3. The molecule has 15 heavy (non-hydrogen) atoms. The van der Waals surface area contributed by atoms with Crippen LogP contribution in [0.15, 0.2) is 24.3 Å². The normalized spacial score (nSPS) is 42.7. The van der Waals surface area contributed by atoms with Gasteiger partial charge in [0.25, 0.3) is 0 Å². The molecule has 1 N–H and O–H groups in total. The van der Waals surface area contributed by atoms with Crippen LogP contribution in [0.5, 0.6) is 0 Å². The van der Waals surface area contributed by atoms with Gasteiger partial charge in [-0.05, 0) is 41.2 Å². The van der Waals surface area contributed by atoms with Crippen LogP contribution in [0.1, 0.15) is 43.2 Å². The minimum Gasteiger partial charge on any atom is -0.393 e. The highest BCUT2D eigenvalue weighted by Gasteiger charge is 2.50. The minimum atomic E-state index is -0.0641. The SMILES string of the molecule is CC1CC2C(O)C(C)C2c2ccccc21. The molecule has 5 atom stereocenters. The zero-order valence-corrected chi connectivity index (χ0v) is 9.35. The Kier molecular flexibility index (Phi) is 1.93. The summed E-state index contributed by atoms with van der Waals surface area (Å²) in [5.74, 6) is 2.20. The van der Waals surface area contributed by atoms with Crippen LogP contribution < -0.4 is 0 Å². The molecule has 1 nitrogen and oxygen atoms in total. The molecule has 0 saturated heterocycles. The lowest BCUT2D eigenvalue weighted by molar-refractivity contribution is -0.0682. The summed E-state index contributed by atoms with van der Waals surface area (Å²) in [6.45, 7) is 4.46. The second kappa shape index (κ2) is 3.08. The van der Waals surface area contributed by atoms with Crippen molar-refractivity contribution in [2.45, 2.75) is 38.2 Å². The first-order valence-corrected chi connectivity index (χ1v) is 5.97. The molecule has 2 aliphatic carbocycles. The van der Waals surface area contributed by atoms with Crippen molar-refractivity contribution in [2.75, 3.05) is 0 Å². The van der Waals surface area contributed by atoms with Gasteiger partial charge < -0.3 is 5.11 Å². The molecule has 3 rings (SSSR count). The van der Waals surface area contributed by atoms with Crippen molar-refractivity contribution in [2.24, 2.45) is 11.8 Å². The summed E-state index contributed by atoms with van der Waals surface area (Å²) in [6, 6.07) is 8.78. The molecule has 1 fully saturated rings. The van der Waals surface area contributed by atoms with Gasteiger partial charge in [-0.15, -0.1) is 0 Å². The molecule has 1 heteroatoms. The molecule has 1 aromatic carbocycles. The van der Waals surface area contributed by atoms with Gasteiger partial charge in [0.05, 0.1) is 6.10 Å². The number of hydrogen-bond donors (Lipinski definition) is 1. The Balaban J connectivity index is 2.06. The third kappa shape index (κ3) is 1.13. The van der Waals surface area contributed by atoms with Gasteiger partial charge in [-0.2, -0.15) is 0 Å². The summed E-state index contributed by atoms with van der Waals surface area (Å²) in [5.41, 5.74) is 3.01. The molecular formula is C14H18O. The van der Waals surface area contributed by atoms with Gasteiger partial charge >= 0.3 is 0 Å². The van der Waals surface area contributed by atoms with Crippen LogP contribution in [-0.2, 0) is 0 Å². The molecule has 0 radical (unpaired) electrons. The maximum Gasteiger partial charge on any atom is 0.0606 e. The number of aliphatic hydroxyl groups excluding tert-OH is 1. The summed E-state index contributed by atoms with van der Waals surface area (Å²) < 4.78 is 0. The van der Waals surface area contributed by atoms with E-state index in [1.165, 1.54) is 11.1 Å². The zero-order valence-electron chi connectivity index (χ0n) is 9.35. The van der Waals surface area contributed by atoms with E-state index >= 15 is 0 Å². The minimum absolute atomic E-state index is 0.0641. The van der Waals surface area contributed by atoms with Gasteiger partial charge in [-0.25, -0.2) is 0 Å². The van der Waals surface area contributed by atoms with Crippen LogP contribution in [0.2, 0.25) is 0 Å². The van der Waals surface area contributed by atoms with Crippen molar-refractivity contribution < 1.29 is 5.11 Å². The first-order chi connectivity index (χ1) is 7.20. The summed E-state index contributed by atoms with van der Waals surface area (Å²) >= 11 is 0. The van der Waals surface area contributed by atoms with Gasteiger partial charge in [-0.3, -0.25) is 0 Å². The maximum atomic E-state index is 9.95. The molecule has 0 bridgehead atoms. The van der Waals surface area contributed by atoms with Crippen molar-refractivity contribution in [3.63, 3.8) is 0 Å². The smallest absolute Gasteiger partial charge is 0.0606 e. The number of rotatable bonds is 0. The van der Waals surface area contributed by atoms with Gasteiger partial charge in [0.1, 0.15) is 0 Å². The van der Waals surface area contributed by atoms with Crippen molar-refractivity contribution in [3.8, 4) is 0 Å². The van der Waals surface area contributed by atoms with Crippen LogP contribution in [0.3, 0.4) is 0 Å². The van der Waals surface area contributed by atoms with Crippen molar-refractivity contribution in [3.05, 3.63) is 35.4 Å². The molecule has 0 heterocycles. The van der Waals surface area contributed by atoms with Gasteiger partial charge in [0, 0.05) is 0 Å². The van der Waals surface area contributed by atoms with Crippen molar-refractivity contribution >= 4 is 0 Å². The van der Waals surface area contributed by atoms with E-state index in [9.17, 15) is 5.11 Å². The molecule has 1 saturated carbocycles. The van der Waals surface area contributed by atoms with E-state index in [0.717, 1.165) is 6.42 Å². The predicted molar refractivity (Wildman–Crippen MR) is 60.9 cm³/mol. The molecule has 0 aromatic heterocycles. The summed E-state index contributed by atoms with van der Waals surface area (Å²) in [6.07, 6.45) is 1.10. The molecule has 5 unspecified atom stereocenters. The fraction of sp³-hybridized carbons (Fsp3) is 0.571. The van der Waals surface area contributed by atoms with E-state index in [2.05, 4.69) is 38.1 Å². The number of benzene rings is 1. The lowest BCUT2D eigenvalue weighted by atomic mass is 9.54. The van der Waals surface area contributed by atoms with Gasteiger partial charge in [0.15, 0.2) is 0 Å². The highest BCUT2D eigenvalue weighted by atomic mass is 16.3. The van der Waals surface area contributed by atoms with Crippen LogP contribution in [0.4, 0.5) is 0 Å². The molecule has 1 aromatic rings. The molecular weight excluding hydrogens is 184 g/mol. The Morgan fingerprint density at radius 1 is 1.13 bits per heavy atom. The second-order valence-electron chi connectivity index (χ2n) is 5.31. The number of aliphatic hydroxyl groups is 1. The molecule has 2 aliphatic rings. The van der Waals surface area contributed by atoms with Crippen LogP contribution in [0.25, 0.3) is 0 Å². The summed E-state index contributed by atoms with van der Waals surface area (Å²) in [7, 11) is 0. The van der Waals surface area contributed by atoms with E-state index in [-0.39, 0.29) is 6.10 Å². The van der Waals surface area contributed by atoms with Crippen LogP contribution in [0, 0.1) is 11.8 Å². The highest BCUT2D eigenvalue weighted by molar-refractivity contribution is 5.39. The molecule has 0 aliphatic heterocycles.